The lowest BCUT2D eigenvalue weighted by Gasteiger charge is -2.38. The van der Waals surface area contributed by atoms with E-state index >= 15 is 0 Å². The highest BCUT2D eigenvalue weighted by atomic mass is 31.1. The minimum atomic E-state index is -1.36. The highest BCUT2D eigenvalue weighted by Crippen LogP contribution is 2.33. The molecule has 0 unspecified atom stereocenters. The second-order valence-electron chi connectivity index (χ2n) is 11.4. The van der Waals surface area contributed by atoms with Crippen LogP contribution in [0.2, 0.25) is 78.6 Å². The van der Waals surface area contributed by atoms with E-state index in [0.29, 0.717) is 0 Å². The van der Waals surface area contributed by atoms with E-state index in [0.717, 1.165) is 0 Å². The molecular weight excluding hydrogens is 384 g/mol. The van der Waals surface area contributed by atoms with E-state index < -0.39 is 32.3 Å². The van der Waals surface area contributed by atoms with E-state index in [1.807, 2.05) is 9.08 Å². The predicted octanol–water partition coefficient (Wildman–Crippen LogP) is 6.65. The molecule has 0 heterocycles. The largest absolute Gasteiger partial charge is 0.111 e. The van der Waals surface area contributed by atoms with Gasteiger partial charge in [-0.1, -0.05) is 118 Å². The van der Waals surface area contributed by atoms with Gasteiger partial charge in [-0.15, -0.1) is 7.17 Å². The maximum Gasteiger partial charge on any atom is 0.0730 e. The summed E-state index contributed by atoms with van der Waals surface area (Å²) in [5, 5.41) is 1.64. The Labute approximate surface area is 162 Å². The van der Waals surface area contributed by atoms with Gasteiger partial charge in [0.15, 0.2) is 0 Å². The van der Waals surface area contributed by atoms with Crippen molar-refractivity contribution in [1.82, 2.24) is 0 Å². The second-order valence-corrected chi connectivity index (χ2v) is 36.1. The Morgan fingerprint density at radius 1 is 0.520 bits per heavy atom. The zero-order chi connectivity index (χ0) is 19.8. The molecule has 0 aliphatic rings. The molecular formula is C20H41PSi4. The van der Waals surface area contributed by atoms with Gasteiger partial charge in [0.25, 0.3) is 0 Å². The molecule has 0 aliphatic heterocycles. The van der Waals surface area contributed by atoms with E-state index in [2.05, 4.69) is 109 Å². The van der Waals surface area contributed by atoms with Crippen LogP contribution in [0.1, 0.15) is 0 Å². The van der Waals surface area contributed by atoms with Gasteiger partial charge in [0.05, 0.1) is 32.3 Å². The Morgan fingerprint density at radius 2 is 0.800 bits per heavy atom. The zero-order valence-corrected chi connectivity index (χ0v) is 23.7. The molecule has 0 amide bonds. The van der Waals surface area contributed by atoms with Gasteiger partial charge < -0.3 is 0 Å². The van der Waals surface area contributed by atoms with Crippen LogP contribution in [0.25, 0.3) is 0 Å². The fourth-order valence-corrected chi connectivity index (χ4v) is 38.7. The van der Waals surface area contributed by atoms with Crippen molar-refractivity contribution < 1.29 is 0 Å². The topological polar surface area (TPSA) is 0 Å². The maximum atomic E-state index is 2.60. The Morgan fingerprint density at radius 3 is 1.04 bits per heavy atom. The van der Waals surface area contributed by atoms with Crippen molar-refractivity contribution in [2.24, 2.45) is 0 Å². The first-order valence-corrected chi connectivity index (χ1v) is 24.9. The fourth-order valence-electron chi connectivity index (χ4n) is 4.54. The van der Waals surface area contributed by atoms with Gasteiger partial charge in [0.2, 0.25) is 0 Å². The van der Waals surface area contributed by atoms with Gasteiger partial charge in [-0.25, -0.2) is 0 Å². The van der Waals surface area contributed by atoms with Crippen molar-refractivity contribution in [2.75, 3.05) is 0 Å². The third kappa shape index (κ3) is 6.07. The molecule has 0 saturated carbocycles. The van der Waals surface area contributed by atoms with Crippen molar-refractivity contribution in [3.8, 4) is 0 Å². The van der Waals surface area contributed by atoms with Crippen molar-refractivity contribution in [1.29, 1.82) is 0 Å². The van der Waals surface area contributed by atoms with Crippen LogP contribution in [0.15, 0.2) is 30.3 Å². The van der Waals surface area contributed by atoms with E-state index in [9.17, 15) is 0 Å². The molecule has 25 heavy (non-hydrogen) atoms. The summed E-state index contributed by atoms with van der Waals surface area (Å²) in [7, 11) is -5.68. The lowest BCUT2D eigenvalue weighted by Crippen LogP contribution is -2.53. The molecule has 0 fully saturated rings. The first-order valence-electron chi connectivity index (χ1n) is 9.58. The van der Waals surface area contributed by atoms with Crippen molar-refractivity contribution in [2.45, 2.75) is 78.6 Å². The van der Waals surface area contributed by atoms with Crippen LogP contribution in [-0.4, -0.2) is 41.4 Å². The minimum Gasteiger partial charge on any atom is -0.111 e. The summed E-state index contributed by atoms with van der Waals surface area (Å²) in [4.78, 5) is 0. The molecule has 0 atom stereocenters. The molecule has 0 radical (unpaired) electrons. The minimum absolute atomic E-state index is 0.255. The first kappa shape index (κ1) is 23.2. The fraction of sp³-hybridized carbons (Fsp3) is 0.600. The Hall–Kier alpha value is 0.128. The SMILES string of the molecule is C[Si](C)(C)C(=P(=C([Si](C)(C)C)[Si](C)(C)C)c1ccccc1)[Si](C)(C)C. The van der Waals surface area contributed by atoms with Crippen LogP contribution in [0, 0.1) is 0 Å². The molecule has 0 aromatic heterocycles. The molecule has 0 spiro atoms. The van der Waals surface area contributed by atoms with Crippen LogP contribution in [0.3, 0.4) is 0 Å². The van der Waals surface area contributed by atoms with Crippen molar-refractivity contribution in [3.05, 3.63) is 30.3 Å². The molecule has 1 aromatic carbocycles. The van der Waals surface area contributed by atoms with Crippen molar-refractivity contribution >= 4 is 53.8 Å². The molecule has 142 valence electrons. The summed E-state index contributed by atoms with van der Waals surface area (Å²) < 4.78 is 4.09. The first-order chi connectivity index (χ1) is 11.0. The smallest absolute Gasteiger partial charge is 0.0730 e. The summed E-state index contributed by atoms with van der Waals surface area (Å²) >= 11 is 0. The van der Waals surface area contributed by atoms with Gasteiger partial charge in [0.1, 0.15) is 0 Å². The van der Waals surface area contributed by atoms with Gasteiger partial charge in [-0.3, -0.25) is 0 Å². The van der Waals surface area contributed by atoms with Crippen LogP contribution in [-0.2, 0) is 0 Å². The average Bonchev–Trinajstić information content (AvgIpc) is 2.32. The standard InChI is InChI=1S/C20H41PSi4/c1-22(2,3)19(23(4,5)6)21(18-16-14-13-15-17-18)20(24(7,8)9)25(10,11)12/h13-17H,1-12H3. The van der Waals surface area contributed by atoms with E-state index in [1.54, 1.807) is 5.30 Å². The predicted molar refractivity (Wildman–Crippen MR) is 136 cm³/mol. The lowest BCUT2D eigenvalue weighted by molar-refractivity contribution is 1.77. The number of hydrogen-bond donors (Lipinski definition) is 0. The summed E-state index contributed by atoms with van der Waals surface area (Å²) in [5.41, 5.74) is 0. The van der Waals surface area contributed by atoms with Gasteiger partial charge >= 0.3 is 0 Å². The van der Waals surface area contributed by atoms with Gasteiger partial charge in [-0.2, -0.15) is 0 Å². The Balaban J connectivity index is 4.36. The average molecular weight is 425 g/mol. The normalized spacial score (nSPS) is 13.6. The highest BCUT2D eigenvalue weighted by Gasteiger charge is 2.38. The molecule has 0 N–H and O–H groups in total. The van der Waals surface area contributed by atoms with Crippen molar-refractivity contribution in [3.63, 3.8) is 0 Å². The monoisotopic (exact) mass is 424 g/mol. The molecule has 0 bridgehead atoms. The second kappa shape index (κ2) is 7.63. The number of rotatable bonds is 5. The lowest BCUT2D eigenvalue weighted by atomic mass is 10.4. The quantitative estimate of drug-likeness (QED) is 0.367. The zero-order valence-electron chi connectivity index (χ0n) is 18.8. The van der Waals surface area contributed by atoms with E-state index in [1.165, 1.54) is 0 Å². The van der Waals surface area contributed by atoms with Gasteiger partial charge in [-0.05, 0) is 5.30 Å². The van der Waals surface area contributed by atoms with Crippen LogP contribution >= 0.6 is 7.17 Å². The Bertz CT molecular complexity index is 612. The third-order valence-corrected chi connectivity index (χ3v) is 31.4. The van der Waals surface area contributed by atoms with Gasteiger partial charge in [0, 0.05) is 0 Å². The summed E-state index contributed by atoms with van der Waals surface area (Å²) in [6.07, 6.45) is 0. The van der Waals surface area contributed by atoms with Crippen LogP contribution in [0.4, 0.5) is 0 Å². The summed E-state index contributed by atoms with van der Waals surface area (Å²) in [6.45, 7) is 31.2. The molecule has 5 heteroatoms. The highest BCUT2D eigenvalue weighted by molar-refractivity contribution is 7.86. The van der Waals surface area contributed by atoms with Crippen LogP contribution in [0.5, 0.6) is 0 Å². The third-order valence-electron chi connectivity index (χ3n) is 4.30. The molecule has 0 aliphatic carbocycles. The maximum absolute atomic E-state index is 2.60. The molecule has 0 nitrogen and oxygen atoms in total. The number of benzene rings is 1. The summed E-state index contributed by atoms with van der Waals surface area (Å²) in [5.74, 6) is 0. The van der Waals surface area contributed by atoms with E-state index in [-0.39, 0.29) is 7.17 Å². The Kier molecular flexibility index (Phi) is 7.07. The molecule has 1 aromatic rings. The van der Waals surface area contributed by atoms with E-state index in [4.69, 9.17) is 0 Å². The molecule has 1 rings (SSSR count). The summed E-state index contributed by atoms with van der Waals surface area (Å²) in [6, 6.07) is 11.6. The number of hydrogen-bond acceptors (Lipinski definition) is 0. The van der Waals surface area contributed by atoms with Crippen LogP contribution < -0.4 is 5.30 Å². The molecule has 0 saturated heterocycles.